The Hall–Kier alpha value is -1.33. The van der Waals surface area contributed by atoms with E-state index in [2.05, 4.69) is 33.7 Å². The summed E-state index contributed by atoms with van der Waals surface area (Å²) in [7, 11) is 0. The van der Waals surface area contributed by atoms with Crippen molar-refractivity contribution in [3.63, 3.8) is 0 Å². The van der Waals surface area contributed by atoms with Gasteiger partial charge in [-0.15, -0.1) is 0 Å². The molecule has 1 fully saturated rings. The van der Waals surface area contributed by atoms with Gasteiger partial charge in [0.1, 0.15) is 5.69 Å². The van der Waals surface area contributed by atoms with E-state index in [1.54, 1.807) is 0 Å². The number of amides is 1. The molecule has 1 saturated heterocycles. The molecular formula is C15H21ClN4O. The first-order valence-corrected chi connectivity index (χ1v) is 7.71. The second kappa shape index (κ2) is 7.61. The minimum Gasteiger partial charge on any atom is -0.302 e. The van der Waals surface area contributed by atoms with Gasteiger partial charge >= 0.3 is 0 Å². The van der Waals surface area contributed by atoms with Gasteiger partial charge < -0.3 is 4.90 Å². The van der Waals surface area contributed by atoms with Crippen LogP contribution in [0.4, 0.5) is 0 Å². The largest absolute Gasteiger partial charge is 0.302 e. The summed E-state index contributed by atoms with van der Waals surface area (Å²) in [6, 6.07) is 0. The standard InChI is InChI=1S/C15H21ClN4O/c1-11(2)9-20-7-3-4-12(10-20)15(21)19-8-13-14(16)18-6-5-17-13/h5-6,8,11-12H,3-4,7,9-10H2,1-2H3/t12-/m1/s1. The fraction of sp³-hybridized carbons (Fsp3) is 0.600. The van der Waals surface area contributed by atoms with Crippen LogP contribution in [0.15, 0.2) is 17.4 Å². The predicted octanol–water partition coefficient (Wildman–Crippen LogP) is 2.44. The molecule has 2 rings (SSSR count). The molecule has 0 aliphatic carbocycles. The number of nitrogens with zero attached hydrogens (tertiary/aromatic N) is 4. The number of carbonyl (C=O) groups is 1. The highest BCUT2D eigenvalue weighted by Crippen LogP contribution is 2.19. The average molecular weight is 309 g/mol. The van der Waals surface area contributed by atoms with Crippen molar-refractivity contribution in [3.05, 3.63) is 23.2 Å². The molecule has 0 spiro atoms. The molecule has 1 aromatic heterocycles. The molecule has 1 amide bonds. The van der Waals surface area contributed by atoms with E-state index in [4.69, 9.17) is 11.6 Å². The molecule has 1 aliphatic rings. The Morgan fingerprint density at radius 2 is 2.29 bits per heavy atom. The van der Waals surface area contributed by atoms with Crippen molar-refractivity contribution in [2.75, 3.05) is 19.6 Å². The van der Waals surface area contributed by atoms with Crippen molar-refractivity contribution in [2.24, 2.45) is 16.8 Å². The maximum Gasteiger partial charge on any atom is 0.250 e. The monoisotopic (exact) mass is 308 g/mol. The van der Waals surface area contributed by atoms with Gasteiger partial charge in [-0.2, -0.15) is 0 Å². The number of rotatable bonds is 4. The van der Waals surface area contributed by atoms with Crippen LogP contribution in [-0.4, -0.2) is 46.6 Å². The molecular weight excluding hydrogens is 288 g/mol. The highest BCUT2D eigenvalue weighted by Gasteiger charge is 2.25. The van der Waals surface area contributed by atoms with E-state index in [0.29, 0.717) is 11.6 Å². The van der Waals surface area contributed by atoms with Crippen LogP contribution in [0.2, 0.25) is 5.15 Å². The van der Waals surface area contributed by atoms with Crippen molar-refractivity contribution in [2.45, 2.75) is 26.7 Å². The molecule has 1 atom stereocenters. The second-order valence-corrected chi connectivity index (χ2v) is 6.18. The van der Waals surface area contributed by atoms with E-state index in [1.807, 2.05) is 0 Å². The molecule has 21 heavy (non-hydrogen) atoms. The fourth-order valence-electron chi connectivity index (χ4n) is 2.59. The maximum atomic E-state index is 12.2. The molecule has 0 bridgehead atoms. The summed E-state index contributed by atoms with van der Waals surface area (Å²) >= 11 is 5.89. The normalized spacial score (nSPS) is 20.3. The number of hydrogen-bond acceptors (Lipinski definition) is 4. The lowest BCUT2D eigenvalue weighted by Crippen LogP contribution is -2.40. The first-order chi connectivity index (χ1) is 10.1. The van der Waals surface area contributed by atoms with Crippen molar-refractivity contribution in [3.8, 4) is 0 Å². The molecule has 1 aliphatic heterocycles. The number of aliphatic imine (C=N–C) groups is 1. The van der Waals surface area contributed by atoms with E-state index in [1.165, 1.54) is 18.6 Å². The Balaban J connectivity index is 1.95. The molecule has 1 aromatic rings. The smallest absolute Gasteiger partial charge is 0.250 e. The van der Waals surface area contributed by atoms with Gasteiger partial charge in [-0.3, -0.25) is 9.78 Å². The summed E-state index contributed by atoms with van der Waals surface area (Å²) in [6.45, 7) is 7.28. The van der Waals surface area contributed by atoms with Crippen LogP contribution >= 0.6 is 11.6 Å². The van der Waals surface area contributed by atoms with E-state index >= 15 is 0 Å². The number of likely N-dealkylation sites (tertiary alicyclic amines) is 1. The zero-order valence-electron chi connectivity index (χ0n) is 12.5. The van der Waals surface area contributed by atoms with E-state index in [0.717, 1.165) is 32.5 Å². The number of aromatic nitrogens is 2. The third kappa shape index (κ3) is 4.86. The number of hydrogen-bond donors (Lipinski definition) is 0. The van der Waals surface area contributed by atoms with Crippen LogP contribution in [0.1, 0.15) is 32.4 Å². The van der Waals surface area contributed by atoms with Gasteiger partial charge in [-0.25, -0.2) is 9.98 Å². The molecule has 5 nitrogen and oxygen atoms in total. The van der Waals surface area contributed by atoms with Gasteiger partial charge in [0.15, 0.2) is 5.15 Å². The summed E-state index contributed by atoms with van der Waals surface area (Å²) in [5.41, 5.74) is 0.433. The molecule has 0 unspecified atom stereocenters. The molecule has 0 radical (unpaired) electrons. The quantitative estimate of drug-likeness (QED) is 0.802. The first kappa shape index (κ1) is 16.0. The zero-order chi connectivity index (χ0) is 15.2. The molecule has 6 heteroatoms. The van der Waals surface area contributed by atoms with Gasteiger partial charge in [0, 0.05) is 25.5 Å². The molecule has 114 valence electrons. The van der Waals surface area contributed by atoms with Gasteiger partial charge in [-0.05, 0) is 25.3 Å². The fourth-order valence-corrected chi connectivity index (χ4v) is 2.74. The van der Waals surface area contributed by atoms with Gasteiger partial charge in [0.25, 0.3) is 0 Å². The molecule has 0 saturated carbocycles. The Morgan fingerprint density at radius 3 is 3.00 bits per heavy atom. The van der Waals surface area contributed by atoms with Crippen molar-refractivity contribution in [1.29, 1.82) is 0 Å². The minimum atomic E-state index is -0.0924. The van der Waals surface area contributed by atoms with Crippen molar-refractivity contribution in [1.82, 2.24) is 14.9 Å². The Kier molecular flexibility index (Phi) is 5.82. The van der Waals surface area contributed by atoms with Crippen LogP contribution in [0.25, 0.3) is 0 Å². The number of piperidine rings is 1. The summed E-state index contributed by atoms with van der Waals surface area (Å²) < 4.78 is 0. The van der Waals surface area contributed by atoms with Crippen molar-refractivity contribution < 1.29 is 4.79 Å². The second-order valence-electron chi connectivity index (χ2n) is 5.82. The number of halogens is 1. The SMILES string of the molecule is CC(C)CN1CCC[C@@H](C(=O)N=Cc2nccnc2Cl)C1. The van der Waals surface area contributed by atoms with Crippen LogP contribution in [0, 0.1) is 11.8 Å². The van der Waals surface area contributed by atoms with Gasteiger partial charge in [0.05, 0.1) is 12.1 Å². The highest BCUT2D eigenvalue weighted by atomic mass is 35.5. The molecule has 0 N–H and O–H groups in total. The summed E-state index contributed by atoms with van der Waals surface area (Å²) in [6.07, 6.45) is 6.40. The van der Waals surface area contributed by atoms with Crippen LogP contribution in [0.5, 0.6) is 0 Å². The Morgan fingerprint density at radius 1 is 1.52 bits per heavy atom. The lowest BCUT2D eigenvalue weighted by atomic mass is 9.96. The van der Waals surface area contributed by atoms with E-state index in [-0.39, 0.29) is 17.0 Å². The summed E-state index contributed by atoms with van der Waals surface area (Å²) in [5, 5.41) is 0.263. The zero-order valence-corrected chi connectivity index (χ0v) is 13.3. The first-order valence-electron chi connectivity index (χ1n) is 7.33. The summed E-state index contributed by atoms with van der Waals surface area (Å²) in [4.78, 5) is 26.5. The topological polar surface area (TPSA) is 58.5 Å². The average Bonchev–Trinajstić information content (AvgIpc) is 2.45. The molecule has 0 aromatic carbocycles. The lowest BCUT2D eigenvalue weighted by Gasteiger charge is -2.32. The predicted molar refractivity (Wildman–Crippen MR) is 83.6 cm³/mol. The Labute approximate surface area is 130 Å². The lowest BCUT2D eigenvalue weighted by molar-refractivity contribution is -0.123. The van der Waals surface area contributed by atoms with Crippen LogP contribution in [0.3, 0.4) is 0 Å². The Bertz CT molecular complexity index is 518. The van der Waals surface area contributed by atoms with Gasteiger partial charge in [-0.1, -0.05) is 25.4 Å². The maximum absolute atomic E-state index is 12.2. The highest BCUT2D eigenvalue weighted by molar-refractivity contribution is 6.31. The van der Waals surface area contributed by atoms with Crippen LogP contribution in [-0.2, 0) is 4.79 Å². The van der Waals surface area contributed by atoms with Crippen molar-refractivity contribution >= 4 is 23.7 Å². The summed E-state index contributed by atoms with van der Waals surface area (Å²) in [5.74, 6) is 0.495. The van der Waals surface area contributed by atoms with E-state index in [9.17, 15) is 4.79 Å². The van der Waals surface area contributed by atoms with Crippen LogP contribution < -0.4 is 0 Å². The molecule has 2 heterocycles. The van der Waals surface area contributed by atoms with Gasteiger partial charge in [0.2, 0.25) is 5.91 Å². The minimum absolute atomic E-state index is 0.0239. The third-order valence-electron chi connectivity index (χ3n) is 3.47. The van der Waals surface area contributed by atoms with E-state index < -0.39 is 0 Å². The number of carbonyl (C=O) groups excluding carboxylic acids is 1. The third-order valence-corrected chi connectivity index (χ3v) is 3.76.